The van der Waals surface area contributed by atoms with Crippen LogP contribution in [0.2, 0.25) is 15.1 Å². The summed E-state index contributed by atoms with van der Waals surface area (Å²) >= 11 is 17.7. The van der Waals surface area contributed by atoms with Crippen molar-refractivity contribution >= 4 is 34.8 Å². The molecule has 2 aromatic carbocycles. The predicted molar refractivity (Wildman–Crippen MR) is 73.9 cm³/mol. The first-order valence-electron chi connectivity index (χ1n) is 5.12. The summed E-state index contributed by atoms with van der Waals surface area (Å²) in [6, 6.07) is 9.92. The Kier molecular flexibility index (Phi) is 4.36. The lowest BCUT2D eigenvalue weighted by Crippen LogP contribution is -1.92. The van der Waals surface area contributed by atoms with Crippen LogP contribution in [-0.2, 0) is 6.61 Å². The summed E-state index contributed by atoms with van der Waals surface area (Å²) in [4.78, 5) is 0. The van der Waals surface area contributed by atoms with Crippen LogP contribution in [0.15, 0.2) is 36.4 Å². The minimum atomic E-state index is -0.141. The second kappa shape index (κ2) is 5.81. The first-order valence-corrected chi connectivity index (χ1v) is 6.25. The third kappa shape index (κ3) is 3.09. The highest BCUT2D eigenvalue weighted by atomic mass is 35.5. The highest BCUT2D eigenvalue weighted by Gasteiger charge is 2.08. The molecule has 1 N–H and O–H groups in total. The quantitative estimate of drug-likeness (QED) is 0.871. The van der Waals surface area contributed by atoms with E-state index in [1.807, 2.05) is 0 Å². The third-order valence-electron chi connectivity index (χ3n) is 2.31. The molecule has 0 unspecified atom stereocenters. The highest BCUT2D eigenvalue weighted by Crippen LogP contribution is 2.34. The standard InChI is InChI=1S/C13H9Cl3O2/c14-9-3-4-12(11(16)5-9)18-13-6-10(15)2-1-8(13)7-17/h1-6,17H,7H2. The highest BCUT2D eigenvalue weighted by molar-refractivity contribution is 6.35. The molecule has 0 aliphatic carbocycles. The summed E-state index contributed by atoms with van der Waals surface area (Å²) in [6.07, 6.45) is 0. The van der Waals surface area contributed by atoms with E-state index in [9.17, 15) is 5.11 Å². The van der Waals surface area contributed by atoms with E-state index >= 15 is 0 Å². The van der Waals surface area contributed by atoms with Gasteiger partial charge in [0, 0.05) is 15.6 Å². The number of hydrogen-bond acceptors (Lipinski definition) is 2. The Morgan fingerprint density at radius 1 is 0.889 bits per heavy atom. The molecule has 0 bridgehead atoms. The van der Waals surface area contributed by atoms with E-state index in [1.54, 1.807) is 36.4 Å². The van der Waals surface area contributed by atoms with Crippen molar-refractivity contribution in [1.29, 1.82) is 0 Å². The molecule has 0 aliphatic rings. The van der Waals surface area contributed by atoms with Crippen LogP contribution < -0.4 is 4.74 Å². The molecule has 0 aliphatic heterocycles. The molecule has 5 heteroatoms. The molecular formula is C13H9Cl3O2. The Morgan fingerprint density at radius 3 is 2.22 bits per heavy atom. The van der Waals surface area contributed by atoms with Crippen LogP contribution in [0.25, 0.3) is 0 Å². The fourth-order valence-electron chi connectivity index (χ4n) is 1.43. The van der Waals surface area contributed by atoms with Crippen molar-refractivity contribution in [2.75, 3.05) is 0 Å². The Balaban J connectivity index is 2.36. The Morgan fingerprint density at radius 2 is 1.56 bits per heavy atom. The zero-order valence-corrected chi connectivity index (χ0v) is 11.4. The minimum absolute atomic E-state index is 0.141. The number of ether oxygens (including phenoxy) is 1. The Labute approximate surface area is 120 Å². The van der Waals surface area contributed by atoms with E-state index in [0.717, 1.165) is 0 Å². The zero-order valence-electron chi connectivity index (χ0n) is 9.16. The Hall–Kier alpha value is -0.930. The number of aliphatic hydroxyl groups is 1. The molecule has 0 fully saturated rings. The summed E-state index contributed by atoms with van der Waals surface area (Å²) in [5, 5.41) is 10.7. The predicted octanol–water partition coefficient (Wildman–Crippen LogP) is 4.93. The van der Waals surface area contributed by atoms with Gasteiger partial charge in [0.15, 0.2) is 0 Å². The van der Waals surface area contributed by atoms with E-state index in [4.69, 9.17) is 39.5 Å². The topological polar surface area (TPSA) is 29.5 Å². The molecule has 0 radical (unpaired) electrons. The van der Waals surface area contributed by atoms with Gasteiger partial charge in [0.05, 0.1) is 11.6 Å². The first kappa shape index (κ1) is 13.5. The number of aliphatic hydroxyl groups excluding tert-OH is 1. The molecule has 2 nitrogen and oxygen atoms in total. The average Bonchev–Trinajstić information content (AvgIpc) is 2.33. The molecule has 0 amide bonds. The molecule has 0 saturated carbocycles. The van der Waals surface area contributed by atoms with E-state index in [-0.39, 0.29) is 6.61 Å². The maximum atomic E-state index is 9.22. The molecule has 18 heavy (non-hydrogen) atoms. The maximum absolute atomic E-state index is 9.22. The van der Waals surface area contributed by atoms with E-state index in [1.165, 1.54) is 0 Å². The van der Waals surface area contributed by atoms with Gasteiger partial charge in [-0.25, -0.2) is 0 Å². The summed E-state index contributed by atoms with van der Waals surface area (Å²) < 4.78 is 5.63. The van der Waals surface area contributed by atoms with Gasteiger partial charge in [0.2, 0.25) is 0 Å². The van der Waals surface area contributed by atoms with E-state index in [0.29, 0.717) is 32.1 Å². The SMILES string of the molecule is OCc1ccc(Cl)cc1Oc1ccc(Cl)cc1Cl. The average molecular weight is 304 g/mol. The maximum Gasteiger partial charge on any atom is 0.146 e. The van der Waals surface area contributed by atoms with Crippen LogP contribution in [0.1, 0.15) is 5.56 Å². The minimum Gasteiger partial charge on any atom is -0.455 e. The van der Waals surface area contributed by atoms with Crippen LogP contribution in [0.5, 0.6) is 11.5 Å². The fourth-order valence-corrected chi connectivity index (χ4v) is 2.04. The largest absolute Gasteiger partial charge is 0.455 e. The van der Waals surface area contributed by atoms with E-state index < -0.39 is 0 Å². The summed E-state index contributed by atoms with van der Waals surface area (Å²) in [5.74, 6) is 0.923. The van der Waals surface area contributed by atoms with Gasteiger partial charge in [0.25, 0.3) is 0 Å². The fraction of sp³-hybridized carbons (Fsp3) is 0.0769. The number of hydrogen-bond donors (Lipinski definition) is 1. The number of benzene rings is 2. The lowest BCUT2D eigenvalue weighted by atomic mass is 10.2. The molecule has 94 valence electrons. The van der Waals surface area contributed by atoms with Gasteiger partial charge in [-0.3, -0.25) is 0 Å². The van der Waals surface area contributed by atoms with Gasteiger partial charge in [-0.2, -0.15) is 0 Å². The monoisotopic (exact) mass is 302 g/mol. The van der Waals surface area contributed by atoms with Crippen molar-refractivity contribution in [2.24, 2.45) is 0 Å². The Bertz CT molecular complexity index is 570. The smallest absolute Gasteiger partial charge is 0.146 e. The number of halogens is 3. The van der Waals surface area contributed by atoms with Gasteiger partial charge in [0.1, 0.15) is 11.5 Å². The molecule has 0 spiro atoms. The van der Waals surface area contributed by atoms with Crippen molar-refractivity contribution < 1.29 is 9.84 Å². The van der Waals surface area contributed by atoms with Crippen LogP contribution in [-0.4, -0.2) is 5.11 Å². The van der Waals surface area contributed by atoms with Crippen molar-refractivity contribution in [3.63, 3.8) is 0 Å². The van der Waals surface area contributed by atoms with Gasteiger partial charge in [-0.15, -0.1) is 0 Å². The summed E-state index contributed by atoms with van der Waals surface area (Å²) in [5.41, 5.74) is 0.630. The second-order valence-electron chi connectivity index (χ2n) is 3.59. The van der Waals surface area contributed by atoms with Gasteiger partial charge in [-0.1, -0.05) is 40.9 Å². The number of rotatable bonds is 3. The molecular weight excluding hydrogens is 294 g/mol. The molecule has 0 heterocycles. The normalized spacial score (nSPS) is 10.4. The molecule has 2 aromatic rings. The van der Waals surface area contributed by atoms with Crippen LogP contribution in [0.4, 0.5) is 0 Å². The summed E-state index contributed by atoms with van der Waals surface area (Å²) in [7, 11) is 0. The van der Waals surface area contributed by atoms with Gasteiger partial charge < -0.3 is 9.84 Å². The third-order valence-corrected chi connectivity index (χ3v) is 3.08. The second-order valence-corrected chi connectivity index (χ2v) is 4.87. The molecule has 2 rings (SSSR count). The van der Waals surface area contributed by atoms with Crippen LogP contribution in [0.3, 0.4) is 0 Å². The van der Waals surface area contributed by atoms with Crippen LogP contribution in [0, 0.1) is 0 Å². The van der Waals surface area contributed by atoms with Crippen molar-refractivity contribution in [3.05, 3.63) is 57.0 Å². The molecule has 0 atom stereocenters. The van der Waals surface area contributed by atoms with Crippen molar-refractivity contribution in [1.82, 2.24) is 0 Å². The van der Waals surface area contributed by atoms with Crippen molar-refractivity contribution in [3.8, 4) is 11.5 Å². The first-order chi connectivity index (χ1) is 8.60. The molecule has 0 aromatic heterocycles. The summed E-state index contributed by atoms with van der Waals surface area (Å²) in [6.45, 7) is -0.141. The van der Waals surface area contributed by atoms with Crippen molar-refractivity contribution in [2.45, 2.75) is 6.61 Å². The van der Waals surface area contributed by atoms with E-state index in [2.05, 4.69) is 0 Å². The zero-order chi connectivity index (χ0) is 13.1. The van der Waals surface area contributed by atoms with Gasteiger partial charge >= 0.3 is 0 Å². The lowest BCUT2D eigenvalue weighted by Gasteiger charge is -2.11. The molecule has 0 saturated heterocycles. The van der Waals surface area contributed by atoms with Gasteiger partial charge in [-0.05, 0) is 30.3 Å². The lowest BCUT2D eigenvalue weighted by molar-refractivity contribution is 0.276. The van der Waals surface area contributed by atoms with Crippen LogP contribution >= 0.6 is 34.8 Å².